The van der Waals surface area contributed by atoms with Gasteiger partial charge in [-0.25, -0.2) is 4.98 Å². The van der Waals surface area contributed by atoms with Gasteiger partial charge in [0, 0.05) is 45.3 Å². The Bertz CT molecular complexity index is 1300. The Morgan fingerprint density at radius 2 is 1.79 bits per heavy atom. The van der Waals surface area contributed by atoms with Crippen LogP contribution in [0.15, 0.2) is 47.5 Å². The van der Waals surface area contributed by atoms with Gasteiger partial charge in [-0.05, 0) is 42.8 Å². The fourth-order valence-electron chi connectivity index (χ4n) is 3.99. The van der Waals surface area contributed by atoms with E-state index in [1.54, 1.807) is 32.0 Å². The monoisotopic (exact) mass is 501 g/mol. The minimum atomic E-state index is -0.755. The number of halogens is 2. The molecule has 8 nitrogen and oxygen atoms in total. The van der Waals surface area contributed by atoms with Crippen molar-refractivity contribution in [2.75, 3.05) is 31.1 Å². The van der Waals surface area contributed by atoms with Crippen LogP contribution in [0.5, 0.6) is 0 Å². The lowest BCUT2D eigenvalue weighted by Gasteiger charge is -2.35. The van der Waals surface area contributed by atoms with Crippen molar-refractivity contribution >= 4 is 51.6 Å². The Morgan fingerprint density at radius 1 is 1.06 bits per heavy atom. The largest absolute Gasteiger partial charge is 0.368 e. The fraction of sp³-hybridized carbons (Fsp3) is 0.333. The number of hydrogen-bond acceptors (Lipinski definition) is 5. The molecular weight excluding hydrogens is 477 g/mol. The Kier molecular flexibility index (Phi) is 7.09. The summed E-state index contributed by atoms with van der Waals surface area (Å²) in [6.45, 7) is 6.14. The van der Waals surface area contributed by atoms with Crippen LogP contribution >= 0.6 is 23.2 Å². The summed E-state index contributed by atoms with van der Waals surface area (Å²) in [5.41, 5.74) is 1.97. The number of nitrogens with one attached hydrogen (secondary N) is 1. The molecule has 0 radical (unpaired) electrons. The van der Waals surface area contributed by atoms with Crippen molar-refractivity contribution in [3.05, 3.63) is 68.7 Å². The zero-order chi connectivity index (χ0) is 24.4. The first-order valence-electron chi connectivity index (χ1n) is 11.0. The minimum absolute atomic E-state index is 0.0664. The van der Waals surface area contributed by atoms with Gasteiger partial charge in [0.15, 0.2) is 0 Å². The topological polar surface area (TPSA) is 87.5 Å². The summed E-state index contributed by atoms with van der Waals surface area (Å²) in [5, 5.41) is 4.13. The first kappa shape index (κ1) is 24.0. The summed E-state index contributed by atoms with van der Waals surface area (Å²) >= 11 is 12.0. The first-order chi connectivity index (χ1) is 16.2. The van der Waals surface area contributed by atoms with Gasteiger partial charge in [0.2, 0.25) is 11.8 Å². The smallest absolute Gasteiger partial charge is 0.261 e. The summed E-state index contributed by atoms with van der Waals surface area (Å²) < 4.78 is 1.34. The third-order valence-corrected chi connectivity index (χ3v) is 6.84. The molecule has 1 atom stereocenters. The molecule has 1 fully saturated rings. The average Bonchev–Trinajstić information content (AvgIpc) is 2.84. The molecule has 1 aliphatic rings. The molecule has 0 bridgehead atoms. The molecule has 2 heterocycles. The van der Waals surface area contributed by atoms with Crippen LogP contribution < -0.4 is 15.8 Å². The number of benzene rings is 2. The third-order valence-electron chi connectivity index (χ3n) is 6.10. The second-order valence-corrected chi connectivity index (χ2v) is 9.11. The average molecular weight is 502 g/mol. The van der Waals surface area contributed by atoms with Crippen molar-refractivity contribution in [2.45, 2.75) is 26.4 Å². The molecular formula is C24H25Cl2N5O3. The van der Waals surface area contributed by atoms with E-state index in [4.69, 9.17) is 23.2 Å². The maximum absolute atomic E-state index is 13.2. The molecule has 1 aliphatic heterocycles. The molecule has 2 aromatic carbocycles. The Balaban J connectivity index is 1.51. The molecule has 1 saturated heterocycles. The summed E-state index contributed by atoms with van der Waals surface area (Å²) in [4.78, 5) is 45.9. The molecule has 3 aromatic rings. The zero-order valence-corrected chi connectivity index (χ0v) is 20.4. The van der Waals surface area contributed by atoms with Crippen molar-refractivity contribution in [2.24, 2.45) is 0 Å². The van der Waals surface area contributed by atoms with E-state index in [2.05, 4.69) is 15.2 Å². The fourth-order valence-corrected chi connectivity index (χ4v) is 4.31. The highest BCUT2D eigenvalue weighted by atomic mass is 35.5. The number of fused-ring (bicyclic) bond motifs is 1. The number of hydrogen-bond donors (Lipinski definition) is 1. The normalized spacial score (nSPS) is 14.8. The van der Waals surface area contributed by atoms with Crippen LogP contribution in [0.3, 0.4) is 0 Å². The standard InChI is InChI=1S/C24H25Cl2N5O3/c1-15(23(33)27-13-17-3-5-20(25)21(26)11-17)31-14-28-22-6-4-18(12-19(22)24(31)34)30-9-7-29(8-10-30)16(2)32/h3-6,11-12,14-15H,7-10,13H2,1-2H3,(H,27,33). The number of carbonyl (C=O) groups is 2. The second kappa shape index (κ2) is 10.0. The van der Waals surface area contributed by atoms with Gasteiger partial charge in [-0.1, -0.05) is 29.3 Å². The van der Waals surface area contributed by atoms with Crippen LogP contribution in [0.25, 0.3) is 10.9 Å². The molecule has 0 spiro atoms. The van der Waals surface area contributed by atoms with Crippen molar-refractivity contribution in [3.63, 3.8) is 0 Å². The van der Waals surface area contributed by atoms with Crippen molar-refractivity contribution < 1.29 is 9.59 Å². The summed E-state index contributed by atoms with van der Waals surface area (Å²) in [6.07, 6.45) is 1.40. The number of piperazine rings is 1. The lowest BCUT2D eigenvalue weighted by Crippen LogP contribution is -2.48. The number of rotatable bonds is 5. The molecule has 2 amide bonds. The van der Waals surface area contributed by atoms with Gasteiger partial charge in [-0.2, -0.15) is 0 Å². The van der Waals surface area contributed by atoms with Crippen molar-refractivity contribution in [1.29, 1.82) is 0 Å². The SMILES string of the molecule is CC(=O)N1CCN(c2ccc3ncn(C(C)C(=O)NCc4ccc(Cl)c(Cl)c4)c(=O)c3c2)CC1. The van der Waals surface area contributed by atoms with Crippen LogP contribution in [0.1, 0.15) is 25.5 Å². The van der Waals surface area contributed by atoms with E-state index in [-0.39, 0.29) is 23.9 Å². The van der Waals surface area contributed by atoms with E-state index in [9.17, 15) is 14.4 Å². The predicted octanol–water partition coefficient (Wildman–Crippen LogP) is 3.25. The van der Waals surface area contributed by atoms with Gasteiger partial charge < -0.3 is 15.1 Å². The predicted molar refractivity (Wildman–Crippen MR) is 133 cm³/mol. The summed E-state index contributed by atoms with van der Waals surface area (Å²) in [6, 6.07) is 9.93. The van der Waals surface area contributed by atoms with E-state index in [1.807, 2.05) is 23.1 Å². The van der Waals surface area contributed by atoms with Crippen LogP contribution in [0, 0.1) is 0 Å². The van der Waals surface area contributed by atoms with Gasteiger partial charge in [0.1, 0.15) is 6.04 Å². The zero-order valence-electron chi connectivity index (χ0n) is 18.9. The highest BCUT2D eigenvalue weighted by molar-refractivity contribution is 6.42. The molecule has 178 valence electrons. The number of aromatic nitrogens is 2. The summed E-state index contributed by atoms with van der Waals surface area (Å²) in [7, 11) is 0. The number of nitrogens with zero attached hydrogens (tertiary/aromatic N) is 4. The number of carbonyl (C=O) groups excluding carboxylic acids is 2. The van der Waals surface area contributed by atoms with Crippen molar-refractivity contribution in [3.8, 4) is 0 Å². The van der Waals surface area contributed by atoms with Gasteiger partial charge in [-0.15, -0.1) is 0 Å². The highest BCUT2D eigenvalue weighted by Crippen LogP contribution is 2.23. The highest BCUT2D eigenvalue weighted by Gasteiger charge is 2.21. The molecule has 4 rings (SSSR count). The molecule has 34 heavy (non-hydrogen) atoms. The van der Waals surface area contributed by atoms with Gasteiger partial charge in [0.05, 0.1) is 27.3 Å². The van der Waals surface area contributed by atoms with Crippen molar-refractivity contribution in [1.82, 2.24) is 19.8 Å². The van der Waals surface area contributed by atoms with E-state index in [0.717, 1.165) is 11.3 Å². The first-order valence-corrected chi connectivity index (χ1v) is 11.7. The quantitative estimate of drug-likeness (QED) is 0.579. The van der Waals surface area contributed by atoms with Gasteiger partial charge in [0.25, 0.3) is 5.56 Å². The third kappa shape index (κ3) is 5.03. The minimum Gasteiger partial charge on any atom is -0.368 e. The second-order valence-electron chi connectivity index (χ2n) is 8.29. The molecule has 0 saturated carbocycles. The van der Waals surface area contributed by atoms with Crippen LogP contribution in [-0.4, -0.2) is 52.4 Å². The summed E-state index contributed by atoms with van der Waals surface area (Å²) in [5.74, 6) is -0.248. The Labute approximate surface area is 207 Å². The lowest BCUT2D eigenvalue weighted by atomic mass is 10.1. The molecule has 1 unspecified atom stereocenters. The van der Waals surface area contributed by atoms with Crippen LogP contribution in [0.4, 0.5) is 5.69 Å². The van der Waals surface area contributed by atoms with E-state index in [0.29, 0.717) is 47.1 Å². The van der Waals surface area contributed by atoms with E-state index >= 15 is 0 Å². The Morgan fingerprint density at radius 3 is 2.47 bits per heavy atom. The molecule has 1 N–H and O–H groups in total. The van der Waals surface area contributed by atoms with Gasteiger partial charge >= 0.3 is 0 Å². The maximum Gasteiger partial charge on any atom is 0.261 e. The Hall–Kier alpha value is -3.10. The maximum atomic E-state index is 13.2. The molecule has 0 aliphatic carbocycles. The number of amides is 2. The van der Waals surface area contributed by atoms with E-state index < -0.39 is 6.04 Å². The van der Waals surface area contributed by atoms with Gasteiger partial charge in [-0.3, -0.25) is 19.0 Å². The van der Waals surface area contributed by atoms with E-state index in [1.165, 1.54) is 10.9 Å². The van der Waals surface area contributed by atoms with Crippen LogP contribution in [-0.2, 0) is 16.1 Å². The molecule has 10 heteroatoms. The van der Waals surface area contributed by atoms with Crippen LogP contribution in [0.2, 0.25) is 10.0 Å². The molecule has 1 aromatic heterocycles. The lowest BCUT2D eigenvalue weighted by molar-refractivity contribution is -0.129. The number of anilines is 1.